The van der Waals surface area contributed by atoms with E-state index in [1.165, 1.54) is 5.57 Å². The lowest BCUT2D eigenvalue weighted by Gasteiger charge is -2.30. The number of nitrogens with zero attached hydrogens (tertiary/aromatic N) is 1. The molecule has 0 aromatic heterocycles. The molecule has 0 saturated heterocycles. The molecule has 0 N–H and O–H groups in total. The summed E-state index contributed by atoms with van der Waals surface area (Å²) in [4.78, 5) is 17.7. The highest BCUT2D eigenvalue weighted by Crippen LogP contribution is 2.29. The zero-order valence-electron chi connectivity index (χ0n) is 12.3. The van der Waals surface area contributed by atoms with Crippen molar-refractivity contribution in [2.24, 2.45) is 0 Å². The minimum absolute atomic E-state index is 0.0388. The monoisotopic (exact) mass is 273 g/mol. The van der Waals surface area contributed by atoms with Gasteiger partial charge in [0.05, 0.1) is 13.2 Å². The van der Waals surface area contributed by atoms with E-state index < -0.39 is 0 Å². The van der Waals surface area contributed by atoms with Crippen LogP contribution >= 0.6 is 0 Å². The zero-order chi connectivity index (χ0) is 14.4. The molecule has 0 radical (unpaired) electrons. The highest BCUT2D eigenvalue weighted by atomic mass is 16.7. The van der Waals surface area contributed by atoms with Crippen LogP contribution in [0.4, 0.5) is 0 Å². The fourth-order valence-corrected chi connectivity index (χ4v) is 2.68. The molecule has 1 aromatic carbocycles. The summed E-state index contributed by atoms with van der Waals surface area (Å²) >= 11 is 0. The van der Waals surface area contributed by atoms with E-state index in [9.17, 15) is 4.79 Å². The minimum Gasteiger partial charge on any atom is -0.274 e. The predicted molar refractivity (Wildman–Crippen MR) is 79.9 cm³/mol. The minimum atomic E-state index is -0.0388. The molecular formula is C17H23NO2. The molecule has 0 saturated carbocycles. The normalized spacial score (nSPS) is 24.1. The third-order valence-corrected chi connectivity index (χ3v) is 3.76. The molecule has 1 atom stereocenters. The van der Waals surface area contributed by atoms with Crippen LogP contribution in [0.3, 0.4) is 0 Å². The van der Waals surface area contributed by atoms with Crippen molar-refractivity contribution in [3.05, 3.63) is 47.5 Å². The molecule has 20 heavy (non-hydrogen) atoms. The van der Waals surface area contributed by atoms with Crippen molar-refractivity contribution in [2.75, 3.05) is 7.11 Å². The molecule has 0 unspecified atom stereocenters. The molecule has 1 aromatic rings. The number of carbonyl (C=O) groups is 1. The standard InChI is InChI=1S/C17H23NO2/c1-14-9-5-3-8-12-17(19)18(20-2)16(13-14)15-10-6-4-7-11-15/h4,6-7,9-11,16H,3,5,8,12-13H2,1-2H3/b14-9+/t16-/m0/s1. The van der Waals surface area contributed by atoms with E-state index in [-0.39, 0.29) is 11.9 Å². The number of amides is 1. The second kappa shape index (κ2) is 7.25. The molecule has 3 heteroatoms. The van der Waals surface area contributed by atoms with Crippen molar-refractivity contribution in [3.8, 4) is 0 Å². The first-order valence-corrected chi connectivity index (χ1v) is 7.29. The predicted octanol–water partition coefficient (Wildman–Crippen LogP) is 4.03. The molecule has 0 bridgehead atoms. The van der Waals surface area contributed by atoms with Crippen LogP contribution in [0, 0.1) is 0 Å². The number of rotatable bonds is 2. The quantitative estimate of drug-likeness (QED) is 0.761. The SMILES string of the molecule is CON1C(=O)CCCC/C=C(\C)C[C@H]1c1ccccc1. The third kappa shape index (κ3) is 3.70. The lowest BCUT2D eigenvalue weighted by atomic mass is 9.97. The van der Waals surface area contributed by atoms with Crippen molar-refractivity contribution in [1.29, 1.82) is 0 Å². The first kappa shape index (κ1) is 14.8. The molecule has 108 valence electrons. The van der Waals surface area contributed by atoms with Crippen molar-refractivity contribution < 1.29 is 9.63 Å². The van der Waals surface area contributed by atoms with Gasteiger partial charge in [0.25, 0.3) is 0 Å². The van der Waals surface area contributed by atoms with Crippen LogP contribution < -0.4 is 0 Å². The third-order valence-electron chi connectivity index (χ3n) is 3.76. The van der Waals surface area contributed by atoms with E-state index in [2.05, 4.69) is 25.1 Å². The maximum absolute atomic E-state index is 12.3. The molecule has 0 spiro atoms. The maximum Gasteiger partial charge on any atom is 0.246 e. The van der Waals surface area contributed by atoms with Gasteiger partial charge >= 0.3 is 0 Å². The number of hydrogen-bond acceptors (Lipinski definition) is 2. The number of carbonyl (C=O) groups excluding carboxylic acids is 1. The summed E-state index contributed by atoms with van der Waals surface area (Å²) in [6, 6.07) is 10.1. The largest absolute Gasteiger partial charge is 0.274 e. The van der Waals surface area contributed by atoms with Gasteiger partial charge in [0.15, 0.2) is 0 Å². The van der Waals surface area contributed by atoms with Crippen LogP contribution in [0.2, 0.25) is 0 Å². The van der Waals surface area contributed by atoms with Gasteiger partial charge < -0.3 is 0 Å². The zero-order valence-corrected chi connectivity index (χ0v) is 12.3. The van der Waals surface area contributed by atoms with Crippen molar-refractivity contribution in [3.63, 3.8) is 0 Å². The molecule has 1 aliphatic heterocycles. The highest BCUT2D eigenvalue weighted by Gasteiger charge is 2.26. The Morgan fingerprint density at radius 2 is 1.95 bits per heavy atom. The Kier molecular flexibility index (Phi) is 5.36. The van der Waals surface area contributed by atoms with Crippen LogP contribution in [-0.2, 0) is 9.63 Å². The lowest BCUT2D eigenvalue weighted by molar-refractivity contribution is -0.189. The first-order chi connectivity index (χ1) is 9.72. The van der Waals surface area contributed by atoms with Gasteiger partial charge in [-0.2, -0.15) is 0 Å². The topological polar surface area (TPSA) is 29.5 Å². The van der Waals surface area contributed by atoms with Gasteiger partial charge in [-0.15, -0.1) is 0 Å². The number of benzene rings is 1. The molecule has 0 fully saturated rings. The van der Waals surface area contributed by atoms with E-state index in [1.54, 1.807) is 12.2 Å². The molecular weight excluding hydrogens is 250 g/mol. The van der Waals surface area contributed by atoms with E-state index in [0.29, 0.717) is 6.42 Å². The summed E-state index contributed by atoms with van der Waals surface area (Å²) in [5.41, 5.74) is 2.44. The number of hydroxylamine groups is 2. The average molecular weight is 273 g/mol. The average Bonchev–Trinajstić information content (AvgIpc) is 2.47. The summed E-state index contributed by atoms with van der Waals surface area (Å²) in [6.07, 6.45) is 6.72. The summed E-state index contributed by atoms with van der Waals surface area (Å²) < 4.78 is 0. The van der Waals surface area contributed by atoms with Crippen molar-refractivity contribution in [1.82, 2.24) is 5.06 Å². The van der Waals surface area contributed by atoms with E-state index in [0.717, 1.165) is 31.2 Å². The van der Waals surface area contributed by atoms with Gasteiger partial charge in [-0.25, -0.2) is 5.06 Å². The molecule has 3 nitrogen and oxygen atoms in total. The van der Waals surface area contributed by atoms with Crippen LogP contribution in [-0.4, -0.2) is 18.1 Å². The number of allylic oxidation sites excluding steroid dienone is 1. The van der Waals surface area contributed by atoms with Gasteiger partial charge in [0, 0.05) is 6.42 Å². The van der Waals surface area contributed by atoms with Crippen LogP contribution in [0.1, 0.15) is 50.6 Å². The summed E-state index contributed by atoms with van der Waals surface area (Å²) in [5, 5.41) is 1.55. The summed E-state index contributed by atoms with van der Waals surface area (Å²) in [5.74, 6) is 0.0797. The Hall–Kier alpha value is -1.61. The van der Waals surface area contributed by atoms with Crippen molar-refractivity contribution in [2.45, 2.75) is 45.1 Å². The Morgan fingerprint density at radius 1 is 1.20 bits per heavy atom. The van der Waals surface area contributed by atoms with Gasteiger partial charge in [-0.1, -0.05) is 42.0 Å². The van der Waals surface area contributed by atoms with Gasteiger partial charge in [0.1, 0.15) is 0 Å². The maximum atomic E-state index is 12.3. The Morgan fingerprint density at radius 3 is 2.65 bits per heavy atom. The van der Waals surface area contributed by atoms with Crippen LogP contribution in [0.5, 0.6) is 0 Å². The van der Waals surface area contributed by atoms with Crippen LogP contribution in [0.25, 0.3) is 0 Å². The Bertz CT molecular complexity index is 467. The van der Waals surface area contributed by atoms with E-state index >= 15 is 0 Å². The molecule has 1 amide bonds. The van der Waals surface area contributed by atoms with Crippen molar-refractivity contribution >= 4 is 5.91 Å². The highest BCUT2D eigenvalue weighted by molar-refractivity contribution is 5.75. The molecule has 2 rings (SSSR count). The second-order valence-electron chi connectivity index (χ2n) is 5.33. The van der Waals surface area contributed by atoms with E-state index in [4.69, 9.17) is 4.84 Å². The van der Waals surface area contributed by atoms with E-state index in [1.807, 2.05) is 18.2 Å². The molecule has 0 aliphatic carbocycles. The lowest BCUT2D eigenvalue weighted by Crippen LogP contribution is -2.34. The summed E-state index contributed by atoms with van der Waals surface area (Å²) in [7, 11) is 1.58. The molecule has 1 aliphatic rings. The Labute approximate surface area is 121 Å². The van der Waals surface area contributed by atoms with Gasteiger partial charge in [-0.05, 0) is 38.2 Å². The summed E-state index contributed by atoms with van der Waals surface area (Å²) in [6.45, 7) is 2.13. The number of hydrogen-bond donors (Lipinski definition) is 0. The van der Waals surface area contributed by atoms with Crippen LogP contribution in [0.15, 0.2) is 42.0 Å². The van der Waals surface area contributed by atoms with Gasteiger partial charge in [-0.3, -0.25) is 9.63 Å². The Balaban J connectivity index is 2.33. The smallest absolute Gasteiger partial charge is 0.246 e. The molecule has 1 heterocycles. The fourth-order valence-electron chi connectivity index (χ4n) is 2.68. The fraction of sp³-hybridized carbons (Fsp3) is 0.471. The second-order valence-corrected chi connectivity index (χ2v) is 5.33. The van der Waals surface area contributed by atoms with Gasteiger partial charge in [0.2, 0.25) is 5.91 Å². The first-order valence-electron chi connectivity index (χ1n) is 7.29.